The van der Waals surface area contributed by atoms with Crippen LogP contribution in [0.15, 0.2) is 36.5 Å². The molecular weight excluding hydrogens is 629 g/mol. The number of aliphatic hydroxyl groups is 1. The van der Waals surface area contributed by atoms with Crippen molar-refractivity contribution >= 4 is 5.97 Å². The standard InChI is InChI=1S/C47H88O4/c1-3-5-7-9-11-13-15-17-19-21-22-23-24-25-26-27-28-30-32-34-36-38-40-42-47(49)51-46(44-48)45-50-43-41-39-37-35-33-31-29-20-18-16-14-12-10-8-6-4-2/h15,17,21-22,24-25,46,48H,3-14,16,18-20,23,26-45H2,1-2H3/b17-15-,22-21-,25-24-. The number of ether oxygens (including phenoxy) is 2. The van der Waals surface area contributed by atoms with E-state index in [4.69, 9.17) is 9.47 Å². The molecule has 4 nitrogen and oxygen atoms in total. The summed E-state index contributed by atoms with van der Waals surface area (Å²) in [7, 11) is 0. The molecule has 0 radical (unpaired) electrons. The molecule has 0 fully saturated rings. The lowest BCUT2D eigenvalue weighted by molar-refractivity contribution is -0.154. The van der Waals surface area contributed by atoms with Crippen LogP contribution >= 0.6 is 0 Å². The molecule has 0 aromatic carbocycles. The lowest BCUT2D eigenvalue weighted by Crippen LogP contribution is -2.27. The Morgan fingerprint density at radius 1 is 0.471 bits per heavy atom. The molecule has 0 spiro atoms. The lowest BCUT2D eigenvalue weighted by atomic mass is 10.0. The predicted octanol–water partition coefficient (Wildman–Crippen LogP) is 14.9. The van der Waals surface area contributed by atoms with Crippen LogP contribution in [0.25, 0.3) is 0 Å². The van der Waals surface area contributed by atoms with Gasteiger partial charge in [0.1, 0.15) is 6.10 Å². The molecule has 0 aliphatic rings. The van der Waals surface area contributed by atoms with Crippen LogP contribution in [0.5, 0.6) is 0 Å². The maximum atomic E-state index is 12.2. The van der Waals surface area contributed by atoms with Gasteiger partial charge in [-0.3, -0.25) is 4.79 Å². The second-order valence-corrected chi connectivity index (χ2v) is 15.1. The van der Waals surface area contributed by atoms with Gasteiger partial charge in [0.05, 0.1) is 13.2 Å². The van der Waals surface area contributed by atoms with Crippen LogP contribution in [0, 0.1) is 0 Å². The van der Waals surface area contributed by atoms with Crippen molar-refractivity contribution < 1.29 is 19.4 Å². The highest BCUT2D eigenvalue weighted by atomic mass is 16.6. The van der Waals surface area contributed by atoms with E-state index in [0.29, 0.717) is 19.6 Å². The van der Waals surface area contributed by atoms with E-state index in [0.717, 1.165) is 32.1 Å². The molecule has 1 N–H and O–H groups in total. The molecule has 0 aliphatic heterocycles. The largest absolute Gasteiger partial charge is 0.457 e. The molecule has 0 saturated carbocycles. The van der Waals surface area contributed by atoms with E-state index in [1.54, 1.807) is 0 Å². The summed E-state index contributed by atoms with van der Waals surface area (Å²) in [5.74, 6) is -0.205. The first kappa shape index (κ1) is 49.6. The number of hydrogen-bond donors (Lipinski definition) is 1. The van der Waals surface area contributed by atoms with Crippen LogP contribution < -0.4 is 0 Å². The monoisotopic (exact) mass is 717 g/mol. The highest BCUT2D eigenvalue weighted by molar-refractivity contribution is 5.69. The Labute approximate surface area is 319 Å². The van der Waals surface area contributed by atoms with E-state index in [9.17, 15) is 9.90 Å². The summed E-state index contributed by atoms with van der Waals surface area (Å²) in [5.41, 5.74) is 0. The molecule has 1 atom stereocenters. The smallest absolute Gasteiger partial charge is 0.306 e. The Morgan fingerprint density at radius 3 is 1.24 bits per heavy atom. The van der Waals surface area contributed by atoms with Gasteiger partial charge >= 0.3 is 5.97 Å². The number of allylic oxidation sites excluding steroid dienone is 6. The molecular formula is C47H88O4. The Bertz CT molecular complexity index is 757. The summed E-state index contributed by atoms with van der Waals surface area (Å²) in [5, 5.41) is 9.61. The van der Waals surface area contributed by atoms with Crippen molar-refractivity contribution in [2.24, 2.45) is 0 Å². The van der Waals surface area contributed by atoms with Gasteiger partial charge in [-0.05, 0) is 51.4 Å². The first-order chi connectivity index (χ1) is 25.2. The zero-order valence-electron chi connectivity index (χ0n) is 34.4. The van der Waals surface area contributed by atoms with Crippen LogP contribution in [0.1, 0.15) is 232 Å². The van der Waals surface area contributed by atoms with Crippen LogP contribution in [0.4, 0.5) is 0 Å². The first-order valence-corrected chi connectivity index (χ1v) is 22.6. The minimum atomic E-state index is -0.535. The number of aliphatic hydroxyl groups excluding tert-OH is 1. The predicted molar refractivity (Wildman–Crippen MR) is 224 cm³/mol. The molecule has 0 heterocycles. The van der Waals surface area contributed by atoms with Crippen molar-refractivity contribution in [2.75, 3.05) is 19.8 Å². The van der Waals surface area contributed by atoms with Crippen molar-refractivity contribution in [3.05, 3.63) is 36.5 Å². The average molecular weight is 717 g/mol. The molecule has 0 aromatic heterocycles. The fourth-order valence-corrected chi connectivity index (χ4v) is 6.57. The Morgan fingerprint density at radius 2 is 0.824 bits per heavy atom. The summed E-state index contributed by atoms with van der Waals surface area (Å²) >= 11 is 0. The van der Waals surface area contributed by atoms with Gasteiger partial charge in [0.15, 0.2) is 0 Å². The highest BCUT2D eigenvalue weighted by Gasteiger charge is 2.13. The molecule has 4 heteroatoms. The van der Waals surface area contributed by atoms with E-state index in [2.05, 4.69) is 50.3 Å². The summed E-state index contributed by atoms with van der Waals surface area (Å²) in [4.78, 5) is 12.2. The number of hydrogen-bond acceptors (Lipinski definition) is 4. The molecule has 0 aliphatic carbocycles. The summed E-state index contributed by atoms with van der Waals surface area (Å²) < 4.78 is 11.2. The van der Waals surface area contributed by atoms with E-state index >= 15 is 0 Å². The fraction of sp³-hybridized carbons (Fsp3) is 0.851. The van der Waals surface area contributed by atoms with E-state index in [1.807, 2.05) is 0 Å². The highest BCUT2D eigenvalue weighted by Crippen LogP contribution is 2.15. The van der Waals surface area contributed by atoms with Crippen molar-refractivity contribution in [1.82, 2.24) is 0 Å². The summed E-state index contributed by atoms with van der Waals surface area (Å²) in [6, 6.07) is 0. The van der Waals surface area contributed by atoms with Crippen LogP contribution in [-0.2, 0) is 14.3 Å². The summed E-state index contributed by atoms with van der Waals surface area (Å²) in [6.07, 6.45) is 56.3. The minimum absolute atomic E-state index is 0.172. The minimum Gasteiger partial charge on any atom is -0.457 e. The van der Waals surface area contributed by atoms with E-state index < -0.39 is 6.10 Å². The van der Waals surface area contributed by atoms with Crippen molar-refractivity contribution in [2.45, 2.75) is 238 Å². The van der Waals surface area contributed by atoms with E-state index in [-0.39, 0.29) is 12.6 Å². The van der Waals surface area contributed by atoms with Crippen molar-refractivity contribution in [3.8, 4) is 0 Å². The van der Waals surface area contributed by atoms with Crippen LogP contribution in [0.2, 0.25) is 0 Å². The molecule has 300 valence electrons. The van der Waals surface area contributed by atoms with Crippen LogP contribution in [-0.4, -0.2) is 37.0 Å². The fourth-order valence-electron chi connectivity index (χ4n) is 6.57. The van der Waals surface area contributed by atoms with Gasteiger partial charge in [0.2, 0.25) is 0 Å². The number of unbranched alkanes of at least 4 members (excludes halogenated alkanes) is 28. The molecule has 0 bridgehead atoms. The molecule has 51 heavy (non-hydrogen) atoms. The Kier molecular flexibility index (Phi) is 43.5. The number of esters is 1. The second-order valence-electron chi connectivity index (χ2n) is 15.1. The third kappa shape index (κ3) is 42.9. The summed E-state index contributed by atoms with van der Waals surface area (Å²) in [6.45, 7) is 5.36. The van der Waals surface area contributed by atoms with E-state index in [1.165, 1.54) is 180 Å². The van der Waals surface area contributed by atoms with Crippen LogP contribution in [0.3, 0.4) is 0 Å². The molecule has 0 aromatic rings. The van der Waals surface area contributed by atoms with Gasteiger partial charge in [0, 0.05) is 13.0 Å². The quantitative estimate of drug-likeness (QED) is 0.0388. The van der Waals surface area contributed by atoms with Gasteiger partial charge in [-0.25, -0.2) is 0 Å². The van der Waals surface area contributed by atoms with Gasteiger partial charge in [-0.15, -0.1) is 0 Å². The van der Waals surface area contributed by atoms with Gasteiger partial charge in [-0.2, -0.15) is 0 Å². The Balaban J connectivity index is 3.43. The molecule has 0 rings (SSSR count). The van der Waals surface area contributed by atoms with Gasteiger partial charge < -0.3 is 14.6 Å². The second kappa shape index (κ2) is 44.8. The van der Waals surface area contributed by atoms with Crippen molar-refractivity contribution in [3.63, 3.8) is 0 Å². The average Bonchev–Trinajstić information content (AvgIpc) is 3.14. The SMILES string of the molecule is CCCCCCC/C=C\C/C=C\C/C=C\CCCCCCCCCCC(=O)OC(CO)COCCCCCCCCCCCCCCCCCC. The van der Waals surface area contributed by atoms with Crippen molar-refractivity contribution in [1.29, 1.82) is 0 Å². The zero-order valence-corrected chi connectivity index (χ0v) is 34.4. The number of carbonyl (C=O) groups excluding carboxylic acids is 1. The number of rotatable bonds is 42. The lowest BCUT2D eigenvalue weighted by Gasteiger charge is -2.16. The normalized spacial score (nSPS) is 12.6. The molecule has 0 amide bonds. The Hall–Kier alpha value is -1.39. The first-order valence-electron chi connectivity index (χ1n) is 22.6. The topological polar surface area (TPSA) is 55.8 Å². The maximum Gasteiger partial charge on any atom is 0.306 e. The zero-order chi connectivity index (χ0) is 37.0. The molecule has 1 unspecified atom stereocenters. The molecule has 0 saturated heterocycles. The van der Waals surface area contributed by atoms with Gasteiger partial charge in [-0.1, -0.05) is 211 Å². The third-order valence-electron chi connectivity index (χ3n) is 9.97. The van der Waals surface area contributed by atoms with Gasteiger partial charge in [0.25, 0.3) is 0 Å². The maximum absolute atomic E-state index is 12.2. The third-order valence-corrected chi connectivity index (χ3v) is 9.97. The number of carbonyl (C=O) groups is 1.